The Kier molecular flexibility index (Phi) is 8.58. The number of rotatable bonds is 11. The van der Waals surface area contributed by atoms with E-state index in [0.29, 0.717) is 44.2 Å². The number of nitrogens with zero attached hydrogens (tertiary/aromatic N) is 3. The lowest BCUT2D eigenvalue weighted by molar-refractivity contribution is -0.127. The predicted octanol–water partition coefficient (Wildman–Crippen LogP) is 5.21. The van der Waals surface area contributed by atoms with Crippen LogP contribution in [0.2, 0.25) is 0 Å². The van der Waals surface area contributed by atoms with Crippen LogP contribution in [0.5, 0.6) is 11.5 Å². The number of amides is 3. The van der Waals surface area contributed by atoms with Gasteiger partial charge in [0.15, 0.2) is 11.5 Å². The number of anilines is 1. The summed E-state index contributed by atoms with van der Waals surface area (Å²) in [6.07, 6.45) is 6.44. The summed E-state index contributed by atoms with van der Waals surface area (Å²) in [5, 5.41) is 1.07. The number of aromatic amines is 1. The summed E-state index contributed by atoms with van der Waals surface area (Å²) in [6, 6.07) is 11.7. The fourth-order valence-electron chi connectivity index (χ4n) is 4.66. The van der Waals surface area contributed by atoms with Crippen molar-refractivity contribution in [3.63, 3.8) is 0 Å². The summed E-state index contributed by atoms with van der Waals surface area (Å²) in [4.78, 5) is 34.2. The van der Waals surface area contributed by atoms with Gasteiger partial charge in [-0.3, -0.25) is 9.69 Å². The van der Waals surface area contributed by atoms with Gasteiger partial charge in [0.2, 0.25) is 5.91 Å². The number of likely N-dealkylation sites (N-methyl/N-ethyl adjacent to an activating group) is 1. The highest BCUT2D eigenvalue weighted by molar-refractivity contribution is 5.93. The van der Waals surface area contributed by atoms with Crippen LogP contribution in [-0.4, -0.2) is 67.6 Å². The van der Waals surface area contributed by atoms with Crippen LogP contribution in [0.15, 0.2) is 42.6 Å². The van der Waals surface area contributed by atoms with Crippen molar-refractivity contribution in [2.45, 2.75) is 45.6 Å². The van der Waals surface area contributed by atoms with Crippen molar-refractivity contribution in [3.05, 3.63) is 53.7 Å². The summed E-state index contributed by atoms with van der Waals surface area (Å²) in [6.45, 7) is 4.67. The molecule has 1 fully saturated rings. The summed E-state index contributed by atoms with van der Waals surface area (Å²) in [7, 11) is 5.16. The number of H-pyrrole nitrogens is 1. The van der Waals surface area contributed by atoms with Crippen molar-refractivity contribution in [1.29, 1.82) is 0 Å². The van der Waals surface area contributed by atoms with E-state index < -0.39 is 0 Å². The van der Waals surface area contributed by atoms with Crippen LogP contribution in [-0.2, 0) is 17.8 Å². The number of unbranched alkanes of at least 4 members (excludes halogenated alkanes) is 2. The highest BCUT2D eigenvalue weighted by Crippen LogP contribution is 2.34. The number of aromatic nitrogens is 1. The largest absolute Gasteiger partial charge is 0.493 e. The van der Waals surface area contributed by atoms with E-state index >= 15 is 0 Å². The summed E-state index contributed by atoms with van der Waals surface area (Å²) >= 11 is 0. The smallest absolute Gasteiger partial charge is 0.324 e. The van der Waals surface area contributed by atoms with Gasteiger partial charge >= 0.3 is 6.03 Å². The van der Waals surface area contributed by atoms with Crippen molar-refractivity contribution < 1.29 is 19.1 Å². The average molecular weight is 507 g/mol. The van der Waals surface area contributed by atoms with Crippen molar-refractivity contribution >= 4 is 28.5 Å². The Labute approximate surface area is 219 Å². The lowest BCUT2D eigenvalue weighted by Gasteiger charge is -2.35. The van der Waals surface area contributed by atoms with Gasteiger partial charge in [0.1, 0.15) is 0 Å². The topological polar surface area (TPSA) is 78.1 Å². The lowest BCUT2D eigenvalue weighted by atomic mass is 10.1. The fraction of sp³-hybridized carbons (Fsp3) is 0.448. The van der Waals surface area contributed by atoms with Gasteiger partial charge in [-0.25, -0.2) is 4.79 Å². The number of fused-ring (bicyclic) bond motifs is 1. The number of methoxy groups -OCH3 is 1. The Balaban J connectivity index is 1.48. The molecule has 1 aliphatic rings. The lowest BCUT2D eigenvalue weighted by Crippen LogP contribution is -2.49. The molecule has 2 heterocycles. The molecule has 0 spiro atoms. The first-order chi connectivity index (χ1) is 17.9. The van der Waals surface area contributed by atoms with Gasteiger partial charge in [-0.05, 0) is 42.2 Å². The maximum Gasteiger partial charge on any atom is 0.324 e. The molecular weight excluding hydrogens is 468 g/mol. The monoisotopic (exact) mass is 506 g/mol. The number of benzene rings is 2. The summed E-state index contributed by atoms with van der Waals surface area (Å²) in [5.41, 5.74) is 3.81. The number of ether oxygens (including phenoxy) is 2. The molecule has 0 unspecified atom stereocenters. The molecule has 1 N–H and O–H groups in total. The molecule has 0 saturated carbocycles. The standard InChI is InChI=1S/C29H38N4O4/c1-5-6-7-15-37-27-18-23(10-12-26(27)36-4)33-14-8-13-32(29(33)35)20-22-19-30-25-16-21(9-11-24(22)25)17-28(34)31(2)3/h9-12,16,18-19,30H,5-8,13-15,17,20H2,1-4H3. The van der Waals surface area contributed by atoms with Crippen LogP contribution in [0.3, 0.4) is 0 Å². The first-order valence-electron chi connectivity index (χ1n) is 13.1. The van der Waals surface area contributed by atoms with Gasteiger partial charge in [-0.1, -0.05) is 31.9 Å². The number of nitrogens with one attached hydrogen (secondary N) is 1. The van der Waals surface area contributed by atoms with Crippen LogP contribution in [0.1, 0.15) is 43.7 Å². The quantitative estimate of drug-likeness (QED) is 0.362. The Bertz CT molecular complexity index is 1240. The van der Waals surface area contributed by atoms with Crippen molar-refractivity contribution in [2.75, 3.05) is 45.8 Å². The molecule has 0 radical (unpaired) electrons. The second kappa shape index (κ2) is 12.0. The van der Waals surface area contributed by atoms with E-state index in [0.717, 1.165) is 53.4 Å². The zero-order chi connectivity index (χ0) is 26.4. The van der Waals surface area contributed by atoms with Crippen LogP contribution in [0.4, 0.5) is 10.5 Å². The van der Waals surface area contributed by atoms with E-state index in [-0.39, 0.29) is 11.9 Å². The van der Waals surface area contributed by atoms with Crippen LogP contribution >= 0.6 is 0 Å². The molecule has 8 nitrogen and oxygen atoms in total. The number of hydrogen-bond donors (Lipinski definition) is 1. The molecular formula is C29H38N4O4. The molecule has 2 aromatic carbocycles. The third kappa shape index (κ3) is 6.18. The summed E-state index contributed by atoms with van der Waals surface area (Å²) in [5.74, 6) is 1.41. The van der Waals surface area contributed by atoms with Crippen LogP contribution in [0.25, 0.3) is 10.9 Å². The van der Waals surface area contributed by atoms with Crippen LogP contribution < -0.4 is 14.4 Å². The minimum atomic E-state index is -0.0177. The Morgan fingerprint density at radius 1 is 1.08 bits per heavy atom. The first kappa shape index (κ1) is 26.4. The highest BCUT2D eigenvalue weighted by Gasteiger charge is 2.28. The molecule has 1 aromatic heterocycles. The molecule has 4 rings (SSSR count). The average Bonchev–Trinajstić information content (AvgIpc) is 3.29. The van der Waals surface area contributed by atoms with E-state index in [9.17, 15) is 9.59 Å². The van der Waals surface area contributed by atoms with Crippen molar-refractivity contribution in [3.8, 4) is 11.5 Å². The molecule has 3 aromatic rings. The zero-order valence-corrected chi connectivity index (χ0v) is 22.4. The molecule has 0 atom stereocenters. The molecule has 1 saturated heterocycles. The number of urea groups is 1. The van der Waals surface area contributed by atoms with E-state index in [1.54, 1.807) is 26.1 Å². The number of carbonyl (C=O) groups excluding carboxylic acids is 2. The highest BCUT2D eigenvalue weighted by atomic mass is 16.5. The summed E-state index contributed by atoms with van der Waals surface area (Å²) < 4.78 is 11.5. The second-order valence-electron chi connectivity index (χ2n) is 9.76. The third-order valence-electron chi connectivity index (χ3n) is 6.82. The second-order valence-corrected chi connectivity index (χ2v) is 9.76. The molecule has 37 heavy (non-hydrogen) atoms. The normalized spacial score (nSPS) is 13.8. The van der Waals surface area contributed by atoms with Crippen molar-refractivity contribution in [1.82, 2.24) is 14.8 Å². The molecule has 3 amide bonds. The maximum absolute atomic E-state index is 13.5. The van der Waals surface area contributed by atoms with Crippen LogP contribution in [0, 0.1) is 0 Å². The number of hydrogen-bond acceptors (Lipinski definition) is 4. The molecule has 1 aliphatic heterocycles. The first-order valence-corrected chi connectivity index (χ1v) is 13.1. The van der Waals surface area contributed by atoms with Gasteiger partial charge in [0.05, 0.1) is 20.1 Å². The SMILES string of the molecule is CCCCCOc1cc(N2CCCN(Cc3c[nH]c4cc(CC(=O)N(C)C)ccc34)C2=O)ccc1OC. The van der Waals surface area contributed by atoms with E-state index in [2.05, 4.69) is 11.9 Å². The molecule has 8 heteroatoms. The minimum Gasteiger partial charge on any atom is -0.493 e. The van der Waals surface area contributed by atoms with E-state index in [1.165, 1.54) is 0 Å². The van der Waals surface area contributed by atoms with Gasteiger partial charge < -0.3 is 24.3 Å². The number of carbonyl (C=O) groups is 2. The van der Waals surface area contributed by atoms with E-state index in [1.807, 2.05) is 52.4 Å². The molecule has 0 aliphatic carbocycles. The molecule has 198 valence electrons. The zero-order valence-electron chi connectivity index (χ0n) is 22.4. The molecule has 0 bridgehead atoms. The maximum atomic E-state index is 13.5. The fourth-order valence-corrected chi connectivity index (χ4v) is 4.66. The van der Waals surface area contributed by atoms with Crippen molar-refractivity contribution in [2.24, 2.45) is 0 Å². The van der Waals surface area contributed by atoms with Gasteiger partial charge in [0.25, 0.3) is 0 Å². The Morgan fingerprint density at radius 2 is 1.92 bits per heavy atom. The van der Waals surface area contributed by atoms with Gasteiger partial charge in [-0.15, -0.1) is 0 Å². The van der Waals surface area contributed by atoms with Gasteiger partial charge in [-0.2, -0.15) is 0 Å². The third-order valence-corrected chi connectivity index (χ3v) is 6.82. The predicted molar refractivity (Wildman–Crippen MR) is 146 cm³/mol. The van der Waals surface area contributed by atoms with E-state index in [4.69, 9.17) is 9.47 Å². The van der Waals surface area contributed by atoms with Gasteiger partial charge in [0, 0.05) is 62.6 Å². The Hall–Kier alpha value is -3.68. The Morgan fingerprint density at radius 3 is 2.68 bits per heavy atom. The minimum absolute atomic E-state index is 0.0177.